The molecule has 2 amide bonds. The van der Waals surface area contributed by atoms with Gasteiger partial charge in [-0.1, -0.05) is 36.8 Å². The van der Waals surface area contributed by atoms with Crippen LogP contribution < -0.4 is 10.6 Å². The Bertz CT molecular complexity index is 448. The lowest BCUT2D eigenvalue weighted by molar-refractivity contribution is 0.179. The van der Waals surface area contributed by atoms with Crippen LogP contribution in [0.1, 0.15) is 31.2 Å². The molecule has 2 aliphatic rings. The Balaban J connectivity index is 1.47. The molecule has 0 aliphatic carbocycles. The molecule has 2 saturated heterocycles. The Morgan fingerprint density at radius 3 is 2.85 bits per heavy atom. The van der Waals surface area contributed by atoms with Crippen LogP contribution in [0.4, 0.5) is 4.79 Å². The highest BCUT2D eigenvalue weighted by atomic mass is 16.2. The highest BCUT2D eigenvalue weighted by Crippen LogP contribution is 2.26. The third-order valence-electron chi connectivity index (χ3n) is 4.47. The van der Waals surface area contributed by atoms with E-state index in [4.69, 9.17) is 0 Å². The summed E-state index contributed by atoms with van der Waals surface area (Å²) in [7, 11) is 0. The largest absolute Gasteiger partial charge is 0.334 e. The number of benzene rings is 1. The average Bonchev–Trinajstić information content (AvgIpc) is 2.90. The maximum absolute atomic E-state index is 12.0. The van der Waals surface area contributed by atoms with Crippen LogP contribution in [0.25, 0.3) is 0 Å². The van der Waals surface area contributed by atoms with Gasteiger partial charge in [0.05, 0.1) is 0 Å². The molecule has 1 aromatic carbocycles. The van der Waals surface area contributed by atoms with Crippen LogP contribution in [0, 0.1) is 0 Å². The lowest BCUT2D eigenvalue weighted by Crippen LogP contribution is -2.49. The summed E-state index contributed by atoms with van der Waals surface area (Å²) in [5.74, 6) is 0. The monoisotopic (exact) mass is 273 g/mol. The van der Waals surface area contributed by atoms with Crippen LogP contribution in [-0.2, 0) is 6.54 Å². The van der Waals surface area contributed by atoms with Crippen molar-refractivity contribution in [3.63, 3.8) is 0 Å². The Morgan fingerprint density at radius 1 is 1.15 bits per heavy atom. The van der Waals surface area contributed by atoms with Crippen molar-refractivity contribution in [3.8, 4) is 0 Å². The van der Waals surface area contributed by atoms with Gasteiger partial charge in [-0.25, -0.2) is 4.79 Å². The van der Waals surface area contributed by atoms with Gasteiger partial charge < -0.3 is 10.6 Å². The van der Waals surface area contributed by atoms with E-state index >= 15 is 0 Å². The van der Waals surface area contributed by atoms with Gasteiger partial charge in [0.1, 0.15) is 0 Å². The molecule has 2 heterocycles. The third-order valence-corrected chi connectivity index (χ3v) is 4.47. The van der Waals surface area contributed by atoms with E-state index in [9.17, 15) is 4.79 Å². The van der Waals surface area contributed by atoms with Gasteiger partial charge in [-0.15, -0.1) is 0 Å². The van der Waals surface area contributed by atoms with Crippen LogP contribution in [-0.4, -0.2) is 36.1 Å². The first-order valence-electron chi connectivity index (χ1n) is 7.65. The SMILES string of the molecule is O=C(NCc1ccccc1)NC1CCN2CCCCC12. The van der Waals surface area contributed by atoms with Crippen molar-refractivity contribution in [2.75, 3.05) is 13.1 Å². The number of carbonyl (C=O) groups excluding carboxylic acids is 1. The second-order valence-electron chi connectivity index (χ2n) is 5.81. The molecule has 1 aromatic rings. The van der Waals surface area contributed by atoms with Gasteiger partial charge in [0.25, 0.3) is 0 Å². The fourth-order valence-electron chi connectivity index (χ4n) is 3.41. The van der Waals surface area contributed by atoms with Crippen molar-refractivity contribution in [1.29, 1.82) is 0 Å². The number of nitrogens with one attached hydrogen (secondary N) is 2. The second-order valence-corrected chi connectivity index (χ2v) is 5.81. The Hall–Kier alpha value is -1.55. The molecule has 2 unspecified atom stereocenters. The molecule has 2 aliphatic heterocycles. The minimum absolute atomic E-state index is 0.0359. The molecule has 0 aromatic heterocycles. The molecule has 0 saturated carbocycles. The van der Waals surface area contributed by atoms with Crippen LogP contribution in [0.15, 0.2) is 30.3 Å². The van der Waals surface area contributed by atoms with E-state index in [1.54, 1.807) is 0 Å². The molecule has 0 spiro atoms. The summed E-state index contributed by atoms with van der Waals surface area (Å²) < 4.78 is 0. The molecule has 108 valence electrons. The zero-order chi connectivity index (χ0) is 13.8. The number of nitrogens with zero attached hydrogens (tertiary/aromatic N) is 1. The number of fused-ring (bicyclic) bond motifs is 1. The summed E-state index contributed by atoms with van der Waals surface area (Å²) in [5.41, 5.74) is 1.13. The lowest BCUT2D eigenvalue weighted by atomic mass is 9.99. The third kappa shape index (κ3) is 3.12. The fourth-order valence-corrected chi connectivity index (χ4v) is 3.41. The van der Waals surface area contributed by atoms with Gasteiger partial charge in [0.2, 0.25) is 0 Å². The maximum Gasteiger partial charge on any atom is 0.315 e. The van der Waals surface area contributed by atoms with E-state index in [-0.39, 0.29) is 6.03 Å². The van der Waals surface area contributed by atoms with Gasteiger partial charge in [0, 0.05) is 25.2 Å². The maximum atomic E-state index is 12.0. The van der Waals surface area contributed by atoms with E-state index in [0.29, 0.717) is 18.6 Å². The summed E-state index contributed by atoms with van der Waals surface area (Å²) in [6.45, 7) is 2.93. The van der Waals surface area contributed by atoms with Gasteiger partial charge >= 0.3 is 6.03 Å². The van der Waals surface area contributed by atoms with E-state index in [1.165, 1.54) is 25.8 Å². The number of rotatable bonds is 3. The Kier molecular flexibility index (Phi) is 4.21. The number of amides is 2. The van der Waals surface area contributed by atoms with Crippen molar-refractivity contribution < 1.29 is 4.79 Å². The van der Waals surface area contributed by atoms with Gasteiger partial charge in [0.15, 0.2) is 0 Å². The first-order valence-corrected chi connectivity index (χ1v) is 7.65. The summed E-state index contributed by atoms with van der Waals surface area (Å²) >= 11 is 0. The van der Waals surface area contributed by atoms with E-state index in [0.717, 1.165) is 18.5 Å². The zero-order valence-electron chi connectivity index (χ0n) is 11.8. The van der Waals surface area contributed by atoms with Crippen molar-refractivity contribution in [2.45, 2.75) is 44.3 Å². The summed E-state index contributed by atoms with van der Waals surface area (Å²) in [6, 6.07) is 10.9. The Morgan fingerprint density at radius 2 is 2.00 bits per heavy atom. The first-order chi connectivity index (χ1) is 9.83. The smallest absolute Gasteiger partial charge is 0.315 e. The summed E-state index contributed by atoms with van der Waals surface area (Å²) in [5, 5.41) is 6.11. The standard InChI is InChI=1S/C16H23N3O/c20-16(17-12-13-6-2-1-3-7-13)18-14-9-11-19-10-5-4-8-15(14)19/h1-3,6-7,14-15H,4-5,8-12H2,(H2,17,18,20). The van der Waals surface area contributed by atoms with Crippen LogP contribution in [0.5, 0.6) is 0 Å². The zero-order valence-corrected chi connectivity index (χ0v) is 11.8. The molecule has 0 bridgehead atoms. The van der Waals surface area contributed by atoms with Gasteiger partial charge in [-0.3, -0.25) is 4.90 Å². The number of carbonyl (C=O) groups is 1. The van der Waals surface area contributed by atoms with Gasteiger partial charge in [-0.2, -0.15) is 0 Å². The van der Waals surface area contributed by atoms with Crippen LogP contribution in [0.3, 0.4) is 0 Å². The molecule has 4 heteroatoms. The normalized spacial score (nSPS) is 26.0. The van der Waals surface area contributed by atoms with Crippen molar-refractivity contribution in [2.24, 2.45) is 0 Å². The highest BCUT2D eigenvalue weighted by molar-refractivity contribution is 5.74. The molecule has 3 rings (SSSR count). The topological polar surface area (TPSA) is 44.4 Å². The fraction of sp³-hybridized carbons (Fsp3) is 0.562. The number of urea groups is 1. The molecule has 2 N–H and O–H groups in total. The van der Waals surface area contributed by atoms with Crippen molar-refractivity contribution >= 4 is 6.03 Å². The number of piperidine rings is 1. The van der Waals surface area contributed by atoms with Crippen LogP contribution in [0.2, 0.25) is 0 Å². The molecular weight excluding hydrogens is 250 g/mol. The molecule has 0 radical (unpaired) electrons. The molecule has 4 nitrogen and oxygen atoms in total. The second kappa shape index (κ2) is 6.27. The summed E-state index contributed by atoms with van der Waals surface area (Å²) in [6.07, 6.45) is 4.92. The van der Waals surface area contributed by atoms with Gasteiger partial charge in [-0.05, 0) is 31.4 Å². The van der Waals surface area contributed by atoms with Crippen LogP contribution >= 0.6 is 0 Å². The van der Waals surface area contributed by atoms with Crippen molar-refractivity contribution in [1.82, 2.24) is 15.5 Å². The van der Waals surface area contributed by atoms with E-state index in [2.05, 4.69) is 15.5 Å². The minimum atomic E-state index is -0.0359. The quantitative estimate of drug-likeness (QED) is 0.886. The first kappa shape index (κ1) is 13.4. The van der Waals surface area contributed by atoms with E-state index in [1.807, 2.05) is 30.3 Å². The highest BCUT2D eigenvalue weighted by Gasteiger charge is 2.36. The van der Waals surface area contributed by atoms with Crippen molar-refractivity contribution in [3.05, 3.63) is 35.9 Å². The number of hydrogen-bond acceptors (Lipinski definition) is 2. The molecule has 2 atom stereocenters. The molecule has 20 heavy (non-hydrogen) atoms. The minimum Gasteiger partial charge on any atom is -0.334 e. The predicted molar refractivity (Wildman–Crippen MR) is 79.4 cm³/mol. The molecular formula is C16H23N3O. The molecule has 2 fully saturated rings. The lowest BCUT2D eigenvalue weighted by Gasteiger charge is -2.32. The average molecular weight is 273 g/mol. The van der Waals surface area contributed by atoms with E-state index < -0.39 is 0 Å². The number of hydrogen-bond donors (Lipinski definition) is 2. The Labute approximate surface area is 120 Å². The predicted octanol–water partition coefficient (Wildman–Crippen LogP) is 2.11. The summed E-state index contributed by atoms with van der Waals surface area (Å²) in [4.78, 5) is 14.5.